The Morgan fingerprint density at radius 1 is 1.12 bits per heavy atom. The minimum atomic E-state index is -0.787. The fourth-order valence-corrected chi connectivity index (χ4v) is 2.43. The van der Waals surface area contributed by atoms with Gasteiger partial charge >= 0.3 is 0 Å². The van der Waals surface area contributed by atoms with Crippen molar-refractivity contribution in [3.63, 3.8) is 0 Å². The molecular weight excluding hydrogens is 335 g/mol. The van der Waals surface area contributed by atoms with Crippen LogP contribution in [-0.2, 0) is 11.3 Å². The Kier molecular flexibility index (Phi) is 5.17. The average Bonchev–Trinajstić information content (AvgIpc) is 2.68. The van der Waals surface area contributed by atoms with Crippen LogP contribution in [-0.4, -0.2) is 20.7 Å². The second kappa shape index (κ2) is 7.69. The molecule has 3 rings (SSSR count). The van der Waals surface area contributed by atoms with Gasteiger partial charge in [-0.2, -0.15) is 5.10 Å². The van der Waals surface area contributed by atoms with E-state index in [0.29, 0.717) is 5.69 Å². The summed E-state index contributed by atoms with van der Waals surface area (Å²) in [6, 6.07) is 11.6. The number of hydrogen-bond acceptors (Lipinski definition) is 4. The molecule has 0 fully saturated rings. The fourth-order valence-electron chi connectivity index (χ4n) is 2.43. The molecule has 1 aromatic carbocycles. The van der Waals surface area contributed by atoms with Crippen LogP contribution in [0.3, 0.4) is 0 Å². The zero-order valence-corrected chi connectivity index (χ0v) is 14.1. The number of amides is 1. The predicted molar refractivity (Wildman–Crippen MR) is 94.7 cm³/mol. The molecule has 3 aromatic rings. The summed E-state index contributed by atoms with van der Waals surface area (Å²) in [6.07, 6.45) is 3.26. The van der Waals surface area contributed by atoms with Gasteiger partial charge in [-0.05, 0) is 42.8 Å². The summed E-state index contributed by atoms with van der Waals surface area (Å²) in [6.45, 7) is 1.84. The van der Waals surface area contributed by atoms with E-state index in [1.807, 2.05) is 0 Å². The minimum Gasteiger partial charge on any atom is -0.350 e. The van der Waals surface area contributed by atoms with Crippen molar-refractivity contribution in [3.8, 4) is 11.3 Å². The highest BCUT2D eigenvalue weighted by atomic mass is 19.1. The molecule has 132 valence electrons. The maximum Gasteiger partial charge on any atom is 0.267 e. The van der Waals surface area contributed by atoms with Crippen LogP contribution < -0.4 is 10.9 Å². The fraction of sp³-hybridized carbons (Fsp3) is 0.158. The van der Waals surface area contributed by atoms with Gasteiger partial charge in [0.05, 0.1) is 5.69 Å². The number of carbonyl (C=O) groups excluding carboxylic acids is 1. The highest BCUT2D eigenvalue weighted by Gasteiger charge is 2.17. The number of carbonyl (C=O) groups is 1. The number of rotatable bonds is 5. The smallest absolute Gasteiger partial charge is 0.267 e. The van der Waals surface area contributed by atoms with E-state index in [9.17, 15) is 14.0 Å². The first-order valence-electron chi connectivity index (χ1n) is 8.07. The van der Waals surface area contributed by atoms with E-state index >= 15 is 0 Å². The number of nitrogens with one attached hydrogen (secondary N) is 1. The molecule has 1 amide bonds. The number of hydrogen-bond donors (Lipinski definition) is 1. The molecule has 0 aliphatic heterocycles. The molecule has 0 aliphatic rings. The summed E-state index contributed by atoms with van der Waals surface area (Å²) in [7, 11) is 0. The lowest BCUT2D eigenvalue weighted by atomic mass is 10.2. The zero-order valence-electron chi connectivity index (χ0n) is 14.1. The van der Waals surface area contributed by atoms with Crippen molar-refractivity contribution in [2.24, 2.45) is 0 Å². The van der Waals surface area contributed by atoms with Crippen molar-refractivity contribution in [2.75, 3.05) is 0 Å². The summed E-state index contributed by atoms with van der Waals surface area (Å²) in [5.41, 5.74) is 1.77. The lowest BCUT2D eigenvalue weighted by Gasteiger charge is -2.15. The summed E-state index contributed by atoms with van der Waals surface area (Å²) in [4.78, 5) is 28.5. The van der Waals surface area contributed by atoms with Crippen molar-refractivity contribution >= 4 is 5.91 Å². The molecule has 7 heteroatoms. The van der Waals surface area contributed by atoms with Gasteiger partial charge in [-0.3, -0.25) is 14.6 Å². The highest BCUT2D eigenvalue weighted by Crippen LogP contribution is 2.14. The molecule has 0 radical (unpaired) electrons. The Bertz CT molecular complexity index is 955. The monoisotopic (exact) mass is 352 g/mol. The van der Waals surface area contributed by atoms with E-state index in [0.717, 1.165) is 15.8 Å². The van der Waals surface area contributed by atoms with Crippen molar-refractivity contribution < 1.29 is 9.18 Å². The largest absolute Gasteiger partial charge is 0.350 e. The number of halogens is 1. The van der Waals surface area contributed by atoms with Gasteiger partial charge in [-0.25, -0.2) is 9.07 Å². The third-order valence-corrected chi connectivity index (χ3v) is 3.93. The summed E-state index contributed by atoms with van der Waals surface area (Å²) < 4.78 is 14.1. The van der Waals surface area contributed by atoms with Crippen molar-refractivity contribution in [1.82, 2.24) is 20.1 Å². The standard InChI is InChI=1S/C19H17FN4O2/c1-13(19(26)22-12-14-2-4-16(20)5-3-14)24-18(25)7-6-17(23-24)15-8-10-21-11-9-15/h2-11,13H,12H2,1H3,(H,22,26). The predicted octanol–water partition coefficient (Wildman–Crippen LogP) is 2.32. The highest BCUT2D eigenvalue weighted by molar-refractivity contribution is 5.79. The van der Waals surface area contributed by atoms with E-state index in [-0.39, 0.29) is 23.8 Å². The van der Waals surface area contributed by atoms with Crippen LogP contribution in [0.5, 0.6) is 0 Å². The van der Waals surface area contributed by atoms with Crippen molar-refractivity contribution in [1.29, 1.82) is 0 Å². The molecule has 1 N–H and O–H groups in total. The molecule has 2 aromatic heterocycles. The molecule has 6 nitrogen and oxygen atoms in total. The van der Waals surface area contributed by atoms with Crippen LogP contribution in [0.2, 0.25) is 0 Å². The van der Waals surface area contributed by atoms with Gasteiger partial charge in [-0.1, -0.05) is 12.1 Å². The average molecular weight is 352 g/mol. The molecule has 0 saturated carbocycles. The lowest BCUT2D eigenvalue weighted by Crippen LogP contribution is -2.36. The van der Waals surface area contributed by atoms with E-state index in [2.05, 4.69) is 15.4 Å². The number of aromatic nitrogens is 3. The Labute approximate surface area is 149 Å². The minimum absolute atomic E-state index is 0.238. The Balaban J connectivity index is 1.76. The third-order valence-electron chi connectivity index (χ3n) is 3.93. The summed E-state index contributed by atoms with van der Waals surface area (Å²) in [5, 5.41) is 7.03. The first-order chi connectivity index (χ1) is 12.5. The van der Waals surface area contributed by atoms with Crippen LogP contribution in [0.4, 0.5) is 4.39 Å². The third kappa shape index (κ3) is 4.00. The Hall–Kier alpha value is -3.35. The van der Waals surface area contributed by atoms with Crippen LogP contribution in [0.25, 0.3) is 11.3 Å². The molecular formula is C19H17FN4O2. The second-order valence-corrected chi connectivity index (χ2v) is 5.76. The maximum atomic E-state index is 12.9. The van der Waals surface area contributed by atoms with Gasteiger partial charge in [0, 0.05) is 30.6 Å². The number of nitrogens with zero attached hydrogens (tertiary/aromatic N) is 3. The Morgan fingerprint density at radius 3 is 2.50 bits per heavy atom. The van der Waals surface area contributed by atoms with Gasteiger partial charge in [0.1, 0.15) is 11.9 Å². The topological polar surface area (TPSA) is 76.9 Å². The molecule has 2 heterocycles. The maximum absolute atomic E-state index is 12.9. The van der Waals surface area contributed by atoms with Crippen molar-refractivity contribution in [2.45, 2.75) is 19.5 Å². The molecule has 1 unspecified atom stereocenters. The molecule has 26 heavy (non-hydrogen) atoms. The van der Waals surface area contributed by atoms with Gasteiger partial charge in [0.25, 0.3) is 5.56 Å². The van der Waals surface area contributed by atoms with Crippen LogP contribution in [0.1, 0.15) is 18.5 Å². The Morgan fingerprint density at radius 2 is 1.81 bits per heavy atom. The normalized spacial score (nSPS) is 11.8. The summed E-state index contributed by atoms with van der Waals surface area (Å²) >= 11 is 0. The number of pyridine rings is 1. The lowest BCUT2D eigenvalue weighted by molar-refractivity contribution is -0.124. The second-order valence-electron chi connectivity index (χ2n) is 5.76. The first-order valence-corrected chi connectivity index (χ1v) is 8.07. The molecule has 1 atom stereocenters. The van der Waals surface area contributed by atoms with Crippen LogP contribution >= 0.6 is 0 Å². The van der Waals surface area contributed by atoms with Crippen LogP contribution in [0.15, 0.2) is 65.7 Å². The van der Waals surface area contributed by atoms with Gasteiger partial charge in [-0.15, -0.1) is 0 Å². The molecule has 0 saturated heterocycles. The molecule has 0 bridgehead atoms. The molecule has 0 aliphatic carbocycles. The van der Waals surface area contributed by atoms with Gasteiger partial charge in [0.2, 0.25) is 5.91 Å². The van der Waals surface area contributed by atoms with E-state index in [1.54, 1.807) is 49.6 Å². The SMILES string of the molecule is CC(C(=O)NCc1ccc(F)cc1)n1nc(-c2ccncc2)ccc1=O. The van der Waals surface area contributed by atoms with E-state index in [4.69, 9.17) is 0 Å². The molecule has 0 spiro atoms. The van der Waals surface area contributed by atoms with E-state index < -0.39 is 6.04 Å². The van der Waals surface area contributed by atoms with Crippen LogP contribution in [0, 0.1) is 5.82 Å². The van der Waals surface area contributed by atoms with Gasteiger partial charge < -0.3 is 5.32 Å². The quantitative estimate of drug-likeness (QED) is 0.764. The zero-order chi connectivity index (χ0) is 18.5. The van der Waals surface area contributed by atoms with E-state index in [1.165, 1.54) is 18.2 Å². The summed E-state index contributed by atoms with van der Waals surface area (Å²) in [5.74, 6) is -0.687. The van der Waals surface area contributed by atoms with Gasteiger partial charge in [0.15, 0.2) is 0 Å². The number of benzene rings is 1. The van der Waals surface area contributed by atoms with Crippen molar-refractivity contribution in [3.05, 3.63) is 82.7 Å². The first kappa shape index (κ1) is 17.5.